The normalized spacial score (nSPS) is 25.6. The van der Waals surface area contributed by atoms with Crippen molar-refractivity contribution in [2.24, 2.45) is 11.8 Å². The highest BCUT2D eigenvalue weighted by atomic mass is 19.1. The Morgan fingerprint density at radius 2 is 1.61 bits per heavy atom. The van der Waals surface area contributed by atoms with Crippen molar-refractivity contribution in [1.29, 1.82) is 0 Å². The van der Waals surface area contributed by atoms with Gasteiger partial charge >= 0.3 is 18.0 Å². The van der Waals surface area contributed by atoms with E-state index in [1.54, 1.807) is 11.0 Å². The van der Waals surface area contributed by atoms with Gasteiger partial charge in [0.1, 0.15) is 5.82 Å². The third kappa shape index (κ3) is 6.52. The van der Waals surface area contributed by atoms with Crippen molar-refractivity contribution in [3.05, 3.63) is 29.7 Å². The summed E-state index contributed by atoms with van der Waals surface area (Å²) in [6.07, 6.45) is 9.19. The molecule has 11 nitrogen and oxygen atoms in total. The Morgan fingerprint density at radius 3 is 2.29 bits per heavy atom. The first-order valence-corrected chi connectivity index (χ1v) is 14.6. The lowest BCUT2D eigenvalue weighted by Gasteiger charge is -2.42. The van der Waals surface area contributed by atoms with E-state index in [-0.39, 0.29) is 23.8 Å². The lowest BCUT2D eigenvalue weighted by atomic mass is 9.78. The number of carboxylic acids is 2. The smallest absolute Gasteiger partial charge is 0.414 e. The van der Waals surface area contributed by atoms with Gasteiger partial charge in [0.05, 0.1) is 5.69 Å². The van der Waals surface area contributed by atoms with E-state index in [9.17, 15) is 14.0 Å². The Labute approximate surface area is 237 Å². The standard InChI is InChI=1S/C27H35FN4O3.C2H2O4/c28-21-7-8-23-24(14-21)35-29-26(23)18-9-12-30(13-10-18)16-19-4-1-2-5-20(19)17-32-25(33)15-22-6-3-11-31(22)27(32)34;3-1(4)2(5)6/h7-8,14,18-20,22H,1-6,9-13,15-17H2;(H,3,4)(H,5,6). The summed E-state index contributed by atoms with van der Waals surface area (Å²) in [5.74, 6) is -2.67. The molecule has 3 aliphatic heterocycles. The van der Waals surface area contributed by atoms with Crippen molar-refractivity contribution in [2.45, 2.75) is 69.7 Å². The summed E-state index contributed by atoms with van der Waals surface area (Å²) >= 11 is 0. The Kier molecular flexibility index (Phi) is 8.86. The van der Waals surface area contributed by atoms with Crippen molar-refractivity contribution in [3.8, 4) is 0 Å². The first-order chi connectivity index (χ1) is 19.7. The van der Waals surface area contributed by atoms with Crippen molar-refractivity contribution in [3.63, 3.8) is 0 Å². The maximum absolute atomic E-state index is 13.5. The molecule has 2 N–H and O–H groups in total. The Hall–Kier alpha value is -3.54. The molecule has 4 fully saturated rings. The largest absolute Gasteiger partial charge is 0.473 e. The number of carboxylic acid groups (broad SMARTS) is 2. The molecule has 41 heavy (non-hydrogen) atoms. The van der Waals surface area contributed by atoms with Gasteiger partial charge < -0.3 is 24.5 Å². The maximum Gasteiger partial charge on any atom is 0.414 e. The van der Waals surface area contributed by atoms with Crippen LogP contribution < -0.4 is 0 Å². The Bertz CT molecular complexity index is 1280. The van der Waals surface area contributed by atoms with Gasteiger partial charge in [-0.25, -0.2) is 18.8 Å². The number of hydrogen-bond acceptors (Lipinski definition) is 7. The van der Waals surface area contributed by atoms with Crippen LogP contribution in [0.15, 0.2) is 22.7 Å². The number of piperidine rings is 1. The minimum Gasteiger partial charge on any atom is -0.473 e. The number of hydrogen-bond donors (Lipinski definition) is 2. The molecule has 3 saturated heterocycles. The summed E-state index contributed by atoms with van der Waals surface area (Å²) in [5, 5.41) is 20.0. The zero-order chi connectivity index (χ0) is 29.1. The van der Waals surface area contributed by atoms with E-state index in [2.05, 4.69) is 10.1 Å². The fourth-order valence-corrected chi connectivity index (χ4v) is 7.00. The van der Waals surface area contributed by atoms with E-state index in [4.69, 9.17) is 24.3 Å². The molecule has 1 saturated carbocycles. The number of aliphatic carboxylic acids is 2. The highest BCUT2D eigenvalue weighted by Gasteiger charge is 2.42. The number of halogens is 1. The molecule has 4 heterocycles. The van der Waals surface area contributed by atoms with Crippen LogP contribution in [0.4, 0.5) is 9.18 Å². The summed E-state index contributed by atoms with van der Waals surface area (Å²) in [6, 6.07) is 4.75. The Morgan fingerprint density at radius 1 is 0.927 bits per heavy atom. The van der Waals surface area contributed by atoms with Gasteiger partial charge in [-0.2, -0.15) is 0 Å². The topological polar surface area (TPSA) is 144 Å². The Balaban J connectivity index is 0.000000511. The van der Waals surface area contributed by atoms with Gasteiger partial charge in [0.2, 0.25) is 5.91 Å². The molecule has 3 amide bonds. The van der Waals surface area contributed by atoms with Crippen LogP contribution in [0, 0.1) is 17.7 Å². The first kappa shape index (κ1) is 29.0. The molecule has 0 spiro atoms. The molecular weight excluding hydrogens is 535 g/mol. The van der Waals surface area contributed by atoms with Crippen molar-refractivity contribution in [1.82, 2.24) is 19.9 Å². The molecule has 1 aromatic carbocycles. The number of rotatable bonds is 5. The monoisotopic (exact) mass is 572 g/mol. The summed E-state index contributed by atoms with van der Waals surface area (Å²) in [7, 11) is 0. The van der Waals surface area contributed by atoms with Crippen LogP contribution in [0.2, 0.25) is 0 Å². The second kappa shape index (κ2) is 12.5. The highest BCUT2D eigenvalue weighted by Crippen LogP contribution is 2.37. The minimum absolute atomic E-state index is 0.0306. The van der Waals surface area contributed by atoms with Crippen molar-refractivity contribution in [2.75, 3.05) is 32.7 Å². The molecule has 12 heteroatoms. The third-order valence-corrected chi connectivity index (χ3v) is 9.16. The lowest BCUT2D eigenvalue weighted by Crippen LogP contribution is -2.56. The molecule has 3 atom stereocenters. The number of fused-ring (bicyclic) bond motifs is 2. The van der Waals surface area contributed by atoms with E-state index in [1.807, 2.05) is 4.90 Å². The SMILES string of the molecule is O=C(O)C(=O)O.O=C1CC2CCCN2C(=O)N1CC1CCCCC1CN1CCC(c2noc3cc(F)ccc23)CC1. The lowest BCUT2D eigenvalue weighted by molar-refractivity contribution is -0.159. The van der Waals surface area contributed by atoms with Crippen LogP contribution in [0.3, 0.4) is 0 Å². The van der Waals surface area contributed by atoms with Gasteiger partial charge in [-0.3, -0.25) is 9.69 Å². The van der Waals surface area contributed by atoms with Crippen molar-refractivity contribution >= 4 is 34.8 Å². The van der Waals surface area contributed by atoms with Crippen molar-refractivity contribution < 1.29 is 38.3 Å². The maximum atomic E-state index is 13.5. The fraction of sp³-hybridized carbons (Fsp3) is 0.621. The number of amides is 3. The van der Waals surface area contributed by atoms with Crippen LogP contribution in [-0.4, -0.2) is 92.7 Å². The van der Waals surface area contributed by atoms with E-state index in [1.165, 1.54) is 31.4 Å². The number of benzene rings is 1. The molecule has 0 bridgehead atoms. The summed E-state index contributed by atoms with van der Waals surface area (Å²) in [4.78, 5) is 50.1. The average molecular weight is 573 g/mol. The molecule has 222 valence electrons. The zero-order valence-electron chi connectivity index (χ0n) is 23.0. The fourth-order valence-electron chi connectivity index (χ4n) is 7.00. The van der Waals surface area contributed by atoms with Gasteiger partial charge in [0.15, 0.2) is 5.58 Å². The van der Waals surface area contributed by atoms with Crippen LogP contribution in [0.1, 0.15) is 69.4 Å². The second-order valence-electron chi connectivity index (χ2n) is 11.7. The van der Waals surface area contributed by atoms with Crippen LogP contribution in [0.5, 0.6) is 0 Å². The van der Waals surface area contributed by atoms with Gasteiger partial charge in [0.25, 0.3) is 0 Å². The van der Waals surface area contributed by atoms with Crippen LogP contribution >= 0.6 is 0 Å². The average Bonchev–Trinajstić information content (AvgIpc) is 3.59. The quantitative estimate of drug-likeness (QED) is 0.509. The molecule has 1 aliphatic carbocycles. The molecule has 0 radical (unpaired) electrons. The number of aromatic nitrogens is 1. The zero-order valence-corrected chi connectivity index (χ0v) is 23.0. The number of imide groups is 1. The van der Waals surface area contributed by atoms with E-state index in [0.29, 0.717) is 36.3 Å². The van der Waals surface area contributed by atoms with E-state index >= 15 is 0 Å². The van der Waals surface area contributed by atoms with Gasteiger partial charge in [-0.1, -0.05) is 18.0 Å². The number of carbonyl (C=O) groups is 4. The summed E-state index contributed by atoms with van der Waals surface area (Å²) < 4.78 is 18.9. The number of urea groups is 1. The molecule has 1 aromatic heterocycles. The molecule has 6 rings (SSSR count). The predicted octanol–water partition coefficient (Wildman–Crippen LogP) is 3.93. The molecular formula is C29H37FN4O7. The summed E-state index contributed by atoms with van der Waals surface area (Å²) in [5.41, 5.74) is 1.48. The minimum atomic E-state index is -1.82. The van der Waals surface area contributed by atoms with Gasteiger partial charge in [0, 0.05) is 49.5 Å². The molecule has 2 aromatic rings. The van der Waals surface area contributed by atoms with Crippen LogP contribution in [-0.2, 0) is 14.4 Å². The van der Waals surface area contributed by atoms with E-state index in [0.717, 1.165) is 69.4 Å². The van der Waals surface area contributed by atoms with Gasteiger partial charge in [-0.05, 0) is 75.6 Å². The highest BCUT2D eigenvalue weighted by molar-refractivity contribution is 6.27. The number of nitrogens with zero attached hydrogens (tertiary/aromatic N) is 4. The number of likely N-dealkylation sites (tertiary alicyclic amines) is 1. The van der Waals surface area contributed by atoms with Crippen LogP contribution in [0.25, 0.3) is 11.0 Å². The first-order valence-electron chi connectivity index (χ1n) is 14.6. The van der Waals surface area contributed by atoms with Gasteiger partial charge in [-0.15, -0.1) is 0 Å². The number of carbonyl (C=O) groups excluding carboxylic acids is 2. The third-order valence-electron chi connectivity index (χ3n) is 9.16. The summed E-state index contributed by atoms with van der Waals surface area (Å²) in [6.45, 7) is 4.42. The molecule has 3 unspecified atom stereocenters. The predicted molar refractivity (Wildman–Crippen MR) is 145 cm³/mol. The van der Waals surface area contributed by atoms with E-state index < -0.39 is 11.9 Å². The second-order valence-corrected chi connectivity index (χ2v) is 11.7. The molecule has 4 aliphatic rings.